The lowest BCUT2D eigenvalue weighted by Gasteiger charge is -2.22. The molecule has 6 nitrogen and oxygen atoms in total. The number of carbonyl (C=O) groups is 2. The summed E-state index contributed by atoms with van der Waals surface area (Å²) >= 11 is 0. The van der Waals surface area contributed by atoms with Crippen LogP contribution in [0.4, 0.5) is 11.4 Å². The molecular formula is C17H26ClN3O3. The Balaban J connectivity index is 0.00000288. The largest absolute Gasteiger partial charge is 0.462 e. The number of amides is 1. The molecule has 1 aromatic rings. The van der Waals surface area contributed by atoms with E-state index in [4.69, 9.17) is 4.74 Å². The maximum Gasteiger partial charge on any atom is 0.338 e. The molecular weight excluding hydrogens is 330 g/mol. The number of benzene rings is 1. The maximum atomic E-state index is 12.4. The number of rotatable bonds is 6. The molecule has 0 aliphatic carbocycles. The minimum absolute atomic E-state index is 0. The van der Waals surface area contributed by atoms with Crippen molar-refractivity contribution in [2.24, 2.45) is 5.92 Å². The molecule has 0 saturated carbocycles. The number of piperidine rings is 1. The smallest absolute Gasteiger partial charge is 0.338 e. The fourth-order valence-corrected chi connectivity index (χ4v) is 2.65. The van der Waals surface area contributed by atoms with Gasteiger partial charge < -0.3 is 20.7 Å². The van der Waals surface area contributed by atoms with Gasteiger partial charge in [0.25, 0.3) is 0 Å². The van der Waals surface area contributed by atoms with Gasteiger partial charge in [-0.2, -0.15) is 0 Å². The van der Waals surface area contributed by atoms with Gasteiger partial charge in [-0.3, -0.25) is 4.79 Å². The summed E-state index contributed by atoms with van der Waals surface area (Å²) in [6, 6.07) is 5.18. The fraction of sp³-hybridized carbons (Fsp3) is 0.529. The summed E-state index contributed by atoms with van der Waals surface area (Å²) in [5, 5.41) is 9.42. The third kappa shape index (κ3) is 5.39. The predicted molar refractivity (Wildman–Crippen MR) is 98.0 cm³/mol. The van der Waals surface area contributed by atoms with Crippen molar-refractivity contribution in [2.75, 3.05) is 36.9 Å². The quantitative estimate of drug-likeness (QED) is 0.684. The molecule has 1 heterocycles. The molecule has 2 rings (SSSR count). The van der Waals surface area contributed by atoms with Crippen molar-refractivity contribution in [2.45, 2.75) is 26.7 Å². The van der Waals surface area contributed by atoms with Crippen molar-refractivity contribution in [1.82, 2.24) is 5.32 Å². The number of nitrogens with one attached hydrogen (secondary N) is 3. The normalized spacial score (nSPS) is 14.4. The zero-order valence-corrected chi connectivity index (χ0v) is 15.0. The number of ether oxygens (including phenoxy) is 1. The van der Waals surface area contributed by atoms with Gasteiger partial charge in [0.2, 0.25) is 5.91 Å². The monoisotopic (exact) mass is 355 g/mol. The van der Waals surface area contributed by atoms with Gasteiger partial charge >= 0.3 is 5.97 Å². The fourth-order valence-electron chi connectivity index (χ4n) is 2.65. The van der Waals surface area contributed by atoms with Gasteiger partial charge in [0.15, 0.2) is 0 Å². The first-order valence-corrected chi connectivity index (χ1v) is 8.22. The molecule has 1 saturated heterocycles. The van der Waals surface area contributed by atoms with Gasteiger partial charge in [0, 0.05) is 12.5 Å². The van der Waals surface area contributed by atoms with Crippen LogP contribution in [0.15, 0.2) is 18.2 Å². The van der Waals surface area contributed by atoms with Crippen molar-refractivity contribution in [1.29, 1.82) is 0 Å². The minimum Gasteiger partial charge on any atom is -0.462 e. The van der Waals surface area contributed by atoms with Crippen LogP contribution in [0.5, 0.6) is 0 Å². The average Bonchev–Trinajstić information content (AvgIpc) is 2.57. The lowest BCUT2D eigenvalue weighted by atomic mass is 9.97. The first-order valence-electron chi connectivity index (χ1n) is 8.22. The summed E-state index contributed by atoms with van der Waals surface area (Å²) in [7, 11) is 0. The number of hydrogen-bond donors (Lipinski definition) is 3. The second-order valence-corrected chi connectivity index (χ2v) is 5.52. The summed E-state index contributed by atoms with van der Waals surface area (Å²) in [4.78, 5) is 24.3. The van der Waals surface area contributed by atoms with Crippen LogP contribution in [0.1, 0.15) is 37.0 Å². The second kappa shape index (κ2) is 10.2. The Labute approximate surface area is 149 Å². The first kappa shape index (κ1) is 20.3. The van der Waals surface area contributed by atoms with Crippen molar-refractivity contribution < 1.29 is 14.3 Å². The third-order valence-electron chi connectivity index (χ3n) is 3.87. The van der Waals surface area contributed by atoms with Crippen LogP contribution in [0.2, 0.25) is 0 Å². The summed E-state index contributed by atoms with van der Waals surface area (Å²) in [5.41, 5.74) is 1.87. The van der Waals surface area contributed by atoms with Gasteiger partial charge in [0.05, 0.1) is 23.5 Å². The van der Waals surface area contributed by atoms with E-state index in [1.165, 1.54) is 0 Å². The highest BCUT2D eigenvalue weighted by Gasteiger charge is 2.22. The standard InChI is InChI=1S/C17H25N3O3.ClH/c1-3-19-14-6-5-13(17(22)23-4-2)11-15(14)20-16(21)12-7-9-18-10-8-12;/h5-6,11-12,18-19H,3-4,7-10H2,1-2H3,(H,20,21);1H. The SMILES string of the molecule is CCNc1ccc(C(=O)OCC)cc1NC(=O)C1CCNCC1.Cl. The zero-order valence-electron chi connectivity index (χ0n) is 14.2. The Morgan fingerprint density at radius 3 is 2.54 bits per heavy atom. The topological polar surface area (TPSA) is 79.5 Å². The number of hydrogen-bond acceptors (Lipinski definition) is 5. The van der Waals surface area contributed by atoms with Crippen LogP contribution in [-0.2, 0) is 9.53 Å². The molecule has 0 radical (unpaired) electrons. The van der Waals surface area contributed by atoms with Crippen molar-refractivity contribution in [3.05, 3.63) is 23.8 Å². The maximum absolute atomic E-state index is 12.4. The van der Waals surface area contributed by atoms with Crippen LogP contribution in [-0.4, -0.2) is 38.1 Å². The summed E-state index contributed by atoms with van der Waals surface area (Å²) in [5.74, 6) is -0.364. The van der Waals surface area contributed by atoms with Gasteiger partial charge in [-0.05, 0) is 58.0 Å². The van der Waals surface area contributed by atoms with Crippen molar-refractivity contribution in [3.63, 3.8) is 0 Å². The molecule has 0 bridgehead atoms. The van der Waals surface area contributed by atoms with E-state index in [2.05, 4.69) is 16.0 Å². The van der Waals surface area contributed by atoms with Gasteiger partial charge in [0.1, 0.15) is 0 Å². The number of halogens is 1. The molecule has 7 heteroatoms. The van der Waals surface area contributed by atoms with Crippen LogP contribution >= 0.6 is 12.4 Å². The minimum atomic E-state index is -0.382. The molecule has 1 aliphatic rings. The van der Waals surface area contributed by atoms with E-state index in [1.807, 2.05) is 6.92 Å². The molecule has 1 fully saturated rings. The second-order valence-electron chi connectivity index (χ2n) is 5.52. The summed E-state index contributed by atoms with van der Waals surface area (Å²) < 4.78 is 5.02. The Morgan fingerprint density at radius 1 is 1.21 bits per heavy atom. The molecule has 24 heavy (non-hydrogen) atoms. The summed E-state index contributed by atoms with van der Waals surface area (Å²) in [6.07, 6.45) is 1.67. The Hall–Kier alpha value is -1.79. The van der Waals surface area contributed by atoms with E-state index in [-0.39, 0.29) is 30.2 Å². The summed E-state index contributed by atoms with van der Waals surface area (Å²) in [6.45, 7) is 6.53. The molecule has 0 atom stereocenters. The lowest BCUT2D eigenvalue weighted by molar-refractivity contribution is -0.120. The zero-order chi connectivity index (χ0) is 16.7. The number of carbonyl (C=O) groups excluding carboxylic acids is 2. The van der Waals surface area contributed by atoms with E-state index >= 15 is 0 Å². The molecule has 134 valence electrons. The van der Waals surface area contributed by atoms with Crippen LogP contribution in [0.25, 0.3) is 0 Å². The van der Waals surface area contributed by atoms with Gasteiger partial charge in [-0.15, -0.1) is 12.4 Å². The van der Waals surface area contributed by atoms with Gasteiger partial charge in [-0.25, -0.2) is 4.79 Å². The predicted octanol–water partition coefficient (Wildman–Crippen LogP) is 2.66. The van der Waals surface area contributed by atoms with E-state index in [0.717, 1.165) is 38.2 Å². The van der Waals surface area contributed by atoms with E-state index in [0.29, 0.717) is 17.9 Å². The molecule has 1 aromatic carbocycles. The molecule has 0 spiro atoms. The Kier molecular flexibility index (Phi) is 8.57. The molecule has 1 aliphatic heterocycles. The van der Waals surface area contributed by atoms with Gasteiger partial charge in [-0.1, -0.05) is 0 Å². The highest BCUT2D eigenvalue weighted by Crippen LogP contribution is 2.25. The highest BCUT2D eigenvalue weighted by atomic mass is 35.5. The van der Waals surface area contributed by atoms with Crippen molar-refractivity contribution >= 4 is 35.7 Å². The molecule has 1 amide bonds. The number of anilines is 2. The first-order chi connectivity index (χ1) is 11.2. The van der Waals surface area contributed by atoms with Crippen LogP contribution < -0.4 is 16.0 Å². The molecule has 3 N–H and O–H groups in total. The Bertz CT molecular complexity index is 560. The lowest BCUT2D eigenvalue weighted by Crippen LogP contribution is -2.34. The van der Waals surface area contributed by atoms with Crippen LogP contribution in [0, 0.1) is 5.92 Å². The Morgan fingerprint density at radius 2 is 1.92 bits per heavy atom. The van der Waals surface area contributed by atoms with E-state index in [1.54, 1.807) is 25.1 Å². The molecule has 0 unspecified atom stereocenters. The van der Waals surface area contributed by atoms with Crippen LogP contribution in [0.3, 0.4) is 0 Å². The molecule has 0 aromatic heterocycles. The van der Waals surface area contributed by atoms with E-state index in [9.17, 15) is 9.59 Å². The van der Waals surface area contributed by atoms with Crippen molar-refractivity contribution in [3.8, 4) is 0 Å². The van der Waals surface area contributed by atoms with E-state index < -0.39 is 0 Å². The average molecular weight is 356 g/mol. The highest BCUT2D eigenvalue weighted by molar-refractivity contribution is 5.98. The third-order valence-corrected chi connectivity index (χ3v) is 3.87. The number of esters is 1.